The molecule has 0 spiro atoms. The van der Waals surface area contributed by atoms with Gasteiger partial charge in [-0.2, -0.15) is 75.7 Å². The molecular weight excluding hydrogens is 522 g/mol. The van der Waals surface area contributed by atoms with Crippen LogP contribution in [0.15, 0.2) is 85.0 Å². The quantitative estimate of drug-likeness (QED) is 0.159. The molecule has 1 aromatic carbocycles. The maximum atomic E-state index is 4.93. The van der Waals surface area contributed by atoms with Gasteiger partial charge in [0.15, 0.2) is 0 Å². The van der Waals surface area contributed by atoms with Crippen LogP contribution in [0, 0.1) is 19.7 Å². The van der Waals surface area contributed by atoms with Crippen LogP contribution in [-0.4, -0.2) is 39.3 Å². The smallest absolute Gasteiger partial charge is 0.663 e. The monoisotopic (exact) mass is 578 g/mol. The van der Waals surface area contributed by atoms with Gasteiger partial charge in [-0.1, -0.05) is 62.3 Å². The van der Waals surface area contributed by atoms with Crippen LogP contribution in [0.3, 0.4) is 0 Å². The van der Waals surface area contributed by atoms with Crippen molar-refractivity contribution in [1.82, 2.24) is 0 Å². The molecule has 5 heteroatoms. The van der Waals surface area contributed by atoms with Crippen molar-refractivity contribution in [3.05, 3.63) is 121 Å². The van der Waals surface area contributed by atoms with E-state index in [1.165, 1.54) is 18.2 Å². The Morgan fingerprint density at radius 1 is 0.514 bits per heavy atom. The van der Waals surface area contributed by atoms with E-state index in [-0.39, 0.29) is 43.4 Å². The Kier molecular flexibility index (Phi) is 127. The molecular formula is C32H56N3Ti2+. The molecule has 0 aromatic heterocycles. The summed E-state index contributed by atoms with van der Waals surface area (Å²) in [6.07, 6.45) is 15.5. The van der Waals surface area contributed by atoms with E-state index in [1.54, 1.807) is 18.2 Å². The molecule has 0 radical (unpaired) electrons. The van der Waals surface area contributed by atoms with E-state index in [1.807, 2.05) is 111 Å². The maximum Gasteiger partial charge on any atom is 4.00 e. The third-order valence-corrected chi connectivity index (χ3v) is 2.81. The summed E-state index contributed by atoms with van der Waals surface area (Å²) in [6.45, 7) is 38.6. The normalized spacial score (nSPS) is 8.14. The summed E-state index contributed by atoms with van der Waals surface area (Å²) in [4.78, 5) is 0. The van der Waals surface area contributed by atoms with Crippen LogP contribution in [0.2, 0.25) is 0 Å². The Hall–Kier alpha value is -0.901. The first-order valence-electron chi connectivity index (χ1n) is 12.5. The predicted octanol–water partition coefficient (Wildman–Crippen LogP) is 10.3. The predicted molar refractivity (Wildman–Crippen MR) is 166 cm³/mol. The molecule has 0 aliphatic carbocycles. The fourth-order valence-corrected chi connectivity index (χ4v) is 1.32. The first-order chi connectivity index (χ1) is 17.0. The van der Waals surface area contributed by atoms with E-state index < -0.39 is 0 Å². The van der Waals surface area contributed by atoms with Crippen LogP contribution in [0.25, 0.3) is 16.0 Å². The Balaban J connectivity index is -0.0000000438. The maximum absolute atomic E-state index is 4.93. The number of hydrogen-bond donors (Lipinski definition) is 0. The fraction of sp³-hybridized carbons (Fsp3) is 0.469. The number of allylic oxidation sites excluding steroid dienone is 9. The van der Waals surface area contributed by atoms with Crippen molar-refractivity contribution in [2.24, 2.45) is 0 Å². The van der Waals surface area contributed by atoms with E-state index in [0.29, 0.717) is 0 Å². The van der Waals surface area contributed by atoms with Crippen LogP contribution in [-0.2, 0) is 43.4 Å². The third kappa shape index (κ3) is 148. The number of rotatable bonds is 9. The van der Waals surface area contributed by atoms with Gasteiger partial charge in [-0.3, -0.25) is 19.7 Å². The van der Waals surface area contributed by atoms with E-state index in [9.17, 15) is 0 Å². The van der Waals surface area contributed by atoms with Gasteiger partial charge in [-0.15, -0.1) is 0 Å². The first kappa shape index (κ1) is 56.3. The van der Waals surface area contributed by atoms with Gasteiger partial charge in [0, 0.05) is 0 Å². The fourth-order valence-electron chi connectivity index (χ4n) is 1.32. The van der Waals surface area contributed by atoms with E-state index in [4.69, 9.17) is 19.7 Å². The molecule has 0 saturated carbocycles. The average Bonchev–Trinajstić information content (AvgIpc) is 3.45. The van der Waals surface area contributed by atoms with Crippen LogP contribution in [0.4, 0.5) is 0 Å². The minimum absolute atomic E-state index is 0. The molecule has 3 nitrogen and oxygen atoms in total. The topological polar surface area (TPSA) is 42.3 Å². The molecule has 206 valence electrons. The molecule has 0 aliphatic rings. The molecule has 1 aromatic rings. The Bertz CT molecular complexity index is 419. The minimum atomic E-state index is 0. The number of nitrogens with zero attached hydrogens (tertiary/aromatic N) is 3. The molecule has 0 amide bonds. The Labute approximate surface area is 264 Å². The first-order valence-corrected chi connectivity index (χ1v) is 12.5. The summed E-state index contributed by atoms with van der Waals surface area (Å²) in [5, 5.41) is 11.9. The summed E-state index contributed by atoms with van der Waals surface area (Å²) in [7, 11) is 0. The molecule has 37 heavy (non-hydrogen) atoms. The van der Waals surface area contributed by atoms with Gasteiger partial charge in [0.05, 0.1) is 0 Å². The van der Waals surface area contributed by atoms with Crippen molar-refractivity contribution in [2.75, 3.05) is 39.3 Å². The zero-order valence-corrected chi connectivity index (χ0v) is 28.5. The van der Waals surface area contributed by atoms with E-state index >= 15 is 0 Å². The third-order valence-electron chi connectivity index (χ3n) is 2.81. The number of hydrogen-bond acceptors (Lipinski definition) is 0. The zero-order chi connectivity index (χ0) is 28.3. The van der Waals surface area contributed by atoms with Gasteiger partial charge in [-0.25, -0.2) is 48.6 Å². The van der Waals surface area contributed by atoms with Crippen LogP contribution in [0.5, 0.6) is 0 Å². The molecule has 0 bridgehead atoms. The summed E-state index contributed by atoms with van der Waals surface area (Å²) < 4.78 is 0. The summed E-state index contributed by atoms with van der Waals surface area (Å²) in [5.41, 5.74) is 0. The van der Waals surface area contributed by atoms with Gasteiger partial charge < -0.3 is 16.0 Å². The minimum Gasteiger partial charge on any atom is -0.663 e. The van der Waals surface area contributed by atoms with E-state index in [2.05, 4.69) is 16.0 Å². The second kappa shape index (κ2) is 83.6. The molecule has 0 aliphatic heterocycles. The van der Waals surface area contributed by atoms with Gasteiger partial charge in [0.1, 0.15) is 0 Å². The summed E-state index contributed by atoms with van der Waals surface area (Å²) in [5.74, 6) is 0. The Morgan fingerprint density at radius 3 is 0.757 bits per heavy atom. The van der Waals surface area contributed by atoms with Crippen LogP contribution in [0.1, 0.15) is 62.3 Å². The average molecular weight is 579 g/mol. The van der Waals surface area contributed by atoms with Crippen molar-refractivity contribution < 1.29 is 43.4 Å². The molecule has 0 unspecified atom stereocenters. The summed E-state index contributed by atoms with van der Waals surface area (Å²) in [6, 6.07) is 10.0. The van der Waals surface area contributed by atoms with Crippen molar-refractivity contribution in [2.45, 2.75) is 62.3 Å². The molecule has 0 atom stereocenters. The molecule has 0 saturated heterocycles. The summed E-state index contributed by atoms with van der Waals surface area (Å²) >= 11 is 0. The van der Waals surface area contributed by atoms with Crippen molar-refractivity contribution in [1.29, 1.82) is 0 Å². The van der Waals surface area contributed by atoms with Gasteiger partial charge in [0.2, 0.25) is 0 Å². The molecule has 0 fully saturated rings. The SMILES string of the molecule is CC[N-]CC.CC[N-]CC.CC[N-]CC.[CH-]=CC=CC.[CH-]=CC=CC.[CH-]=CC=CC.[Ti+4].[Ti+4].c1cc[cH-]c1. The standard InChI is InChI=1S/C5H5.3C5H7.3C4H10N.2Ti/c1-2-4-5-3-1;6*1-3-5-4-2;;/h1-5H;3*1,3-5H,2H3;3*3-4H2,1-2H3;;/q7*-1;2*+4. The molecule has 1 rings (SSSR count). The second-order valence-corrected chi connectivity index (χ2v) is 5.69. The van der Waals surface area contributed by atoms with Crippen LogP contribution >= 0.6 is 0 Å². The van der Waals surface area contributed by atoms with Gasteiger partial charge in [0.25, 0.3) is 0 Å². The largest absolute Gasteiger partial charge is 4.00 e. The van der Waals surface area contributed by atoms with Gasteiger partial charge in [-0.05, 0) is 0 Å². The van der Waals surface area contributed by atoms with Crippen molar-refractivity contribution in [3.63, 3.8) is 0 Å². The zero-order valence-electron chi connectivity index (χ0n) is 25.4. The molecule has 0 heterocycles. The van der Waals surface area contributed by atoms with Crippen molar-refractivity contribution >= 4 is 0 Å². The Morgan fingerprint density at radius 2 is 0.730 bits per heavy atom. The van der Waals surface area contributed by atoms with Crippen LogP contribution < -0.4 is 0 Å². The second-order valence-electron chi connectivity index (χ2n) is 5.69. The van der Waals surface area contributed by atoms with Gasteiger partial charge >= 0.3 is 43.4 Å². The van der Waals surface area contributed by atoms with E-state index in [0.717, 1.165) is 39.3 Å². The molecule has 0 N–H and O–H groups in total. The van der Waals surface area contributed by atoms with Crippen molar-refractivity contribution in [3.8, 4) is 0 Å².